The quantitative estimate of drug-likeness (QED) is 0.162. The number of benzene rings is 3. The Morgan fingerprint density at radius 3 is 2.05 bits per heavy atom. The summed E-state index contributed by atoms with van der Waals surface area (Å²) >= 11 is 12.1. The first-order valence-corrected chi connectivity index (χ1v) is 12.5. The highest BCUT2D eigenvalue weighted by Gasteiger charge is 2.22. The van der Waals surface area contributed by atoms with Gasteiger partial charge in [0, 0.05) is 5.56 Å². The number of carbonyl (C=O) groups is 2. The molecule has 194 valence electrons. The molecule has 0 aliphatic rings. The molecule has 0 radical (unpaired) electrons. The third-order valence-electron chi connectivity index (χ3n) is 5.14. The van der Waals surface area contributed by atoms with Crippen LogP contribution in [0.3, 0.4) is 0 Å². The lowest BCUT2D eigenvalue weighted by molar-refractivity contribution is 0.0696. The molecule has 4 rings (SSSR count). The standard InChI is InChI=1S/C23H15Cl2N5O7S/c24-15-10-18(38(35,36)37)16(25)9-17(15)27-28-20-19(11-4-2-1-3-5-11)29-30(21(20)26)14-7-12(22(31)32)6-13(8-14)23(33)34/h1-10H,26H2,(H,31,32)(H,33,34)(H,35,36,37). The van der Waals surface area contributed by atoms with E-state index >= 15 is 0 Å². The summed E-state index contributed by atoms with van der Waals surface area (Å²) in [6.45, 7) is 0. The molecule has 0 saturated carbocycles. The zero-order valence-corrected chi connectivity index (χ0v) is 21.1. The van der Waals surface area contributed by atoms with Gasteiger partial charge in [-0.15, -0.1) is 10.2 Å². The van der Waals surface area contributed by atoms with E-state index in [4.69, 9.17) is 28.9 Å². The second-order valence-corrected chi connectivity index (χ2v) is 9.85. The van der Waals surface area contributed by atoms with Crippen LogP contribution in [0.15, 0.2) is 75.8 Å². The molecule has 3 aromatic carbocycles. The molecule has 0 fully saturated rings. The van der Waals surface area contributed by atoms with Gasteiger partial charge in [-0.05, 0) is 30.3 Å². The Bertz CT molecular complexity index is 1710. The first-order valence-electron chi connectivity index (χ1n) is 10.3. The molecular weight excluding hydrogens is 561 g/mol. The van der Waals surface area contributed by atoms with Gasteiger partial charge in [0.15, 0.2) is 11.5 Å². The summed E-state index contributed by atoms with van der Waals surface area (Å²) < 4.78 is 33.3. The van der Waals surface area contributed by atoms with Gasteiger partial charge in [0.1, 0.15) is 16.3 Å². The molecule has 1 aromatic heterocycles. The van der Waals surface area contributed by atoms with Crippen molar-refractivity contribution in [3.63, 3.8) is 0 Å². The minimum absolute atomic E-state index is 0.0137. The summed E-state index contributed by atoms with van der Waals surface area (Å²) in [6.07, 6.45) is 0. The van der Waals surface area contributed by atoms with E-state index in [0.29, 0.717) is 5.56 Å². The molecule has 0 aliphatic carbocycles. The van der Waals surface area contributed by atoms with Gasteiger partial charge in [-0.1, -0.05) is 53.5 Å². The molecular formula is C23H15Cl2N5O7S. The highest BCUT2D eigenvalue weighted by Crippen LogP contribution is 2.39. The number of azo groups is 1. The number of nitrogens with two attached hydrogens (primary N) is 1. The zero-order chi connectivity index (χ0) is 27.8. The summed E-state index contributed by atoms with van der Waals surface area (Å²) in [4.78, 5) is 22.5. The van der Waals surface area contributed by atoms with Crippen molar-refractivity contribution in [1.82, 2.24) is 9.78 Å². The van der Waals surface area contributed by atoms with Gasteiger partial charge in [0.05, 0.1) is 26.9 Å². The first-order chi connectivity index (χ1) is 17.9. The number of nitrogens with zero attached hydrogens (tertiary/aromatic N) is 4. The van der Waals surface area contributed by atoms with E-state index in [1.807, 2.05) is 0 Å². The smallest absolute Gasteiger partial charge is 0.335 e. The summed E-state index contributed by atoms with van der Waals surface area (Å²) in [6, 6.07) is 14.0. The summed E-state index contributed by atoms with van der Waals surface area (Å²) in [5.41, 5.74) is 6.46. The number of hydrogen-bond donors (Lipinski definition) is 4. The van der Waals surface area contributed by atoms with Gasteiger partial charge in [-0.3, -0.25) is 4.55 Å². The van der Waals surface area contributed by atoms with Crippen LogP contribution in [0, 0.1) is 0 Å². The second-order valence-electron chi connectivity index (χ2n) is 7.65. The van der Waals surface area contributed by atoms with Gasteiger partial charge in [-0.25, -0.2) is 14.3 Å². The molecule has 38 heavy (non-hydrogen) atoms. The van der Waals surface area contributed by atoms with Crippen LogP contribution in [0.25, 0.3) is 16.9 Å². The summed E-state index contributed by atoms with van der Waals surface area (Å²) in [5.74, 6) is -2.84. The van der Waals surface area contributed by atoms with Crippen molar-refractivity contribution in [1.29, 1.82) is 0 Å². The van der Waals surface area contributed by atoms with Crippen LogP contribution in [-0.4, -0.2) is 44.9 Å². The fraction of sp³-hybridized carbons (Fsp3) is 0. The number of aromatic carboxylic acids is 2. The van der Waals surface area contributed by atoms with Crippen LogP contribution < -0.4 is 5.73 Å². The molecule has 0 unspecified atom stereocenters. The highest BCUT2D eigenvalue weighted by atomic mass is 35.5. The maximum atomic E-state index is 11.6. The van der Waals surface area contributed by atoms with E-state index in [1.54, 1.807) is 30.3 Å². The Hall–Kier alpha value is -4.30. The normalized spacial score (nSPS) is 11.7. The molecule has 1 heterocycles. The van der Waals surface area contributed by atoms with Crippen LogP contribution in [-0.2, 0) is 10.1 Å². The predicted octanol–water partition coefficient (Wildman–Crippen LogP) is 5.49. The topological polar surface area (TPSA) is 198 Å². The molecule has 0 saturated heterocycles. The maximum Gasteiger partial charge on any atom is 0.335 e. The van der Waals surface area contributed by atoms with Crippen LogP contribution >= 0.6 is 23.2 Å². The lowest BCUT2D eigenvalue weighted by atomic mass is 10.1. The fourth-order valence-electron chi connectivity index (χ4n) is 3.39. The van der Waals surface area contributed by atoms with Gasteiger partial charge in [0.2, 0.25) is 0 Å². The van der Waals surface area contributed by atoms with Crippen LogP contribution in [0.5, 0.6) is 0 Å². The van der Waals surface area contributed by atoms with E-state index < -0.39 is 27.0 Å². The van der Waals surface area contributed by atoms with E-state index in [1.165, 1.54) is 12.1 Å². The number of carboxylic acid groups (broad SMARTS) is 2. The molecule has 0 amide bonds. The van der Waals surface area contributed by atoms with E-state index in [0.717, 1.165) is 22.9 Å². The third kappa shape index (κ3) is 5.35. The van der Waals surface area contributed by atoms with Gasteiger partial charge in [-0.2, -0.15) is 13.5 Å². The van der Waals surface area contributed by atoms with Crippen molar-refractivity contribution in [3.8, 4) is 16.9 Å². The van der Waals surface area contributed by atoms with Crippen molar-refractivity contribution >= 4 is 62.5 Å². The molecule has 12 nitrogen and oxygen atoms in total. The van der Waals surface area contributed by atoms with Crippen LogP contribution in [0.2, 0.25) is 10.0 Å². The lowest BCUT2D eigenvalue weighted by Crippen LogP contribution is -2.08. The van der Waals surface area contributed by atoms with Crippen LogP contribution in [0.1, 0.15) is 20.7 Å². The number of aromatic nitrogens is 2. The van der Waals surface area contributed by atoms with Gasteiger partial charge < -0.3 is 15.9 Å². The number of rotatable bonds is 7. The largest absolute Gasteiger partial charge is 0.478 e. The SMILES string of the molecule is Nc1c(N=Nc2cc(Cl)c(S(=O)(=O)O)cc2Cl)c(-c2ccccc2)nn1-c1cc(C(=O)O)cc(C(=O)O)c1. The van der Waals surface area contributed by atoms with E-state index in [2.05, 4.69) is 15.3 Å². The number of nitrogen functional groups attached to an aromatic ring is 1. The van der Waals surface area contributed by atoms with Crippen LogP contribution in [0.4, 0.5) is 17.2 Å². The molecule has 0 atom stereocenters. The van der Waals surface area contributed by atoms with Crippen molar-refractivity contribution in [2.45, 2.75) is 4.90 Å². The Morgan fingerprint density at radius 2 is 1.50 bits per heavy atom. The Morgan fingerprint density at radius 1 is 0.895 bits per heavy atom. The Kier molecular flexibility index (Phi) is 7.20. The van der Waals surface area contributed by atoms with Crippen molar-refractivity contribution in [2.24, 2.45) is 10.2 Å². The van der Waals surface area contributed by atoms with Gasteiger partial charge >= 0.3 is 11.9 Å². The Labute approximate surface area is 224 Å². The number of carboxylic acids is 2. The lowest BCUT2D eigenvalue weighted by Gasteiger charge is -2.07. The van der Waals surface area contributed by atoms with Crippen molar-refractivity contribution < 1.29 is 32.8 Å². The van der Waals surface area contributed by atoms with E-state index in [9.17, 15) is 32.8 Å². The molecule has 0 spiro atoms. The monoisotopic (exact) mass is 575 g/mol. The van der Waals surface area contributed by atoms with E-state index in [-0.39, 0.29) is 49.7 Å². The minimum atomic E-state index is -4.64. The number of anilines is 1. The second kappa shape index (κ2) is 10.2. The highest BCUT2D eigenvalue weighted by molar-refractivity contribution is 7.86. The third-order valence-corrected chi connectivity index (χ3v) is 6.76. The van der Waals surface area contributed by atoms with Crippen molar-refractivity contribution in [2.75, 3.05) is 5.73 Å². The molecule has 4 aromatic rings. The minimum Gasteiger partial charge on any atom is -0.478 e. The summed E-state index contributed by atoms with van der Waals surface area (Å²) in [5, 5.41) is 30.9. The predicted molar refractivity (Wildman–Crippen MR) is 138 cm³/mol. The first kappa shape index (κ1) is 26.8. The fourth-order valence-corrected chi connectivity index (χ4v) is 4.67. The van der Waals surface area contributed by atoms with Crippen molar-refractivity contribution in [3.05, 3.63) is 81.8 Å². The van der Waals surface area contributed by atoms with Gasteiger partial charge in [0.25, 0.3) is 10.1 Å². The maximum absolute atomic E-state index is 11.6. The molecule has 5 N–H and O–H groups in total. The number of hydrogen-bond acceptors (Lipinski definition) is 8. The Balaban J connectivity index is 1.91. The number of halogens is 2. The average Bonchev–Trinajstić information content (AvgIpc) is 3.19. The molecule has 0 aliphatic heterocycles. The molecule has 0 bridgehead atoms. The molecule has 15 heteroatoms. The zero-order valence-electron chi connectivity index (χ0n) is 18.8. The summed E-state index contributed by atoms with van der Waals surface area (Å²) in [7, 11) is -4.64. The average molecular weight is 576 g/mol.